The number of carbonyl (C=O) groups excluding carboxylic acids is 1. The Labute approximate surface area is 117 Å². The van der Waals surface area contributed by atoms with Gasteiger partial charge >= 0.3 is 0 Å². The lowest BCUT2D eigenvalue weighted by atomic mass is 10.2. The molecule has 0 saturated carbocycles. The van der Waals surface area contributed by atoms with E-state index in [1.165, 1.54) is 6.42 Å². The highest BCUT2D eigenvalue weighted by Gasteiger charge is 2.26. The molecule has 1 aliphatic rings. The predicted molar refractivity (Wildman–Crippen MR) is 79.0 cm³/mol. The third-order valence-corrected chi connectivity index (χ3v) is 4.10. The van der Waals surface area contributed by atoms with E-state index in [1.807, 2.05) is 6.92 Å². The number of nitrogens with zero attached hydrogens (tertiary/aromatic N) is 2. The van der Waals surface area contributed by atoms with E-state index in [2.05, 4.69) is 29.0 Å². The molecule has 2 atom stereocenters. The maximum Gasteiger partial charge on any atom is 0.234 e. The fraction of sp³-hybridized carbons (Fsp3) is 0.929. The summed E-state index contributed by atoms with van der Waals surface area (Å²) in [7, 11) is 0. The van der Waals surface area contributed by atoms with Gasteiger partial charge in [0.15, 0.2) is 0 Å². The Morgan fingerprint density at radius 2 is 2.11 bits per heavy atom. The number of nitrogens with two attached hydrogens (primary N) is 1. The average molecular weight is 270 g/mol. The van der Waals surface area contributed by atoms with Gasteiger partial charge in [-0.05, 0) is 39.0 Å². The van der Waals surface area contributed by atoms with Crippen LogP contribution in [0, 0.1) is 0 Å². The van der Waals surface area contributed by atoms with Gasteiger partial charge < -0.3 is 16.0 Å². The van der Waals surface area contributed by atoms with Crippen LogP contribution in [-0.2, 0) is 4.79 Å². The first-order valence-corrected chi connectivity index (χ1v) is 7.61. The number of carbonyl (C=O) groups is 1. The van der Waals surface area contributed by atoms with Gasteiger partial charge in [0.05, 0.1) is 6.04 Å². The second-order valence-corrected chi connectivity index (χ2v) is 5.27. The van der Waals surface area contributed by atoms with Gasteiger partial charge in [0.1, 0.15) is 0 Å². The average Bonchev–Trinajstić information content (AvgIpc) is 2.84. The monoisotopic (exact) mass is 270 g/mol. The van der Waals surface area contributed by atoms with E-state index >= 15 is 0 Å². The fourth-order valence-corrected chi connectivity index (χ4v) is 2.96. The Morgan fingerprint density at radius 1 is 1.42 bits per heavy atom. The molecule has 0 radical (unpaired) electrons. The van der Waals surface area contributed by atoms with E-state index in [-0.39, 0.29) is 11.9 Å². The van der Waals surface area contributed by atoms with Gasteiger partial charge in [-0.1, -0.05) is 20.8 Å². The molecule has 3 N–H and O–H groups in total. The highest BCUT2D eigenvalue weighted by molar-refractivity contribution is 5.79. The molecule has 0 spiro atoms. The quantitative estimate of drug-likeness (QED) is 0.631. The minimum absolute atomic E-state index is 0.183. The summed E-state index contributed by atoms with van der Waals surface area (Å²) in [5.41, 5.74) is 5.40. The van der Waals surface area contributed by atoms with E-state index in [0.29, 0.717) is 6.04 Å². The molecule has 112 valence electrons. The SMILES string of the molecule is CCNC(CCN1CCC(N(CC)CC)C1)C(N)=O. The van der Waals surface area contributed by atoms with Crippen molar-refractivity contribution in [3.05, 3.63) is 0 Å². The summed E-state index contributed by atoms with van der Waals surface area (Å²) < 4.78 is 0. The number of likely N-dealkylation sites (N-methyl/N-ethyl adjacent to an activating group) is 2. The van der Waals surface area contributed by atoms with Crippen LogP contribution < -0.4 is 11.1 Å². The first-order chi connectivity index (χ1) is 9.12. The molecular formula is C14H30N4O. The van der Waals surface area contributed by atoms with E-state index in [1.54, 1.807) is 0 Å². The molecule has 1 rings (SSSR count). The number of hydrogen-bond donors (Lipinski definition) is 2. The molecule has 1 amide bonds. The molecule has 2 unspecified atom stereocenters. The van der Waals surface area contributed by atoms with Gasteiger partial charge in [0, 0.05) is 19.1 Å². The molecular weight excluding hydrogens is 240 g/mol. The van der Waals surface area contributed by atoms with Gasteiger partial charge in [-0.25, -0.2) is 0 Å². The van der Waals surface area contributed by atoms with Crippen LogP contribution in [0.25, 0.3) is 0 Å². The Kier molecular flexibility index (Phi) is 7.34. The van der Waals surface area contributed by atoms with Gasteiger partial charge in [-0.2, -0.15) is 0 Å². The summed E-state index contributed by atoms with van der Waals surface area (Å²) in [5.74, 6) is -0.235. The molecule has 19 heavy (non-hydrogen) atoms. The highest BCUT2D eigenvalue weighted by atomic mass is 16.1. The van der Waals surface area contributed by atoms with Crippen molar-refractivity contribution in [2.24, 2.45) is 5.73 Å². The van der Waals surface area contributed by atoms with Crippen LogP contribution in [0.3, 0.4) is 0 Å². The maximum absolute atomic E-state index is 11.3. The smallest absolute Gasteiger partial charge is 0.234 e. The predicted octanol–water partition coefficient (Wildman–Crippen LogP) is 0.256. The summed E-state index contributed by atoms with van der Waals surface area (Å²) in [6.07, 6.45) is 2.05. The molecule has 0 aromatic carbocycles. The number of amides is 1. The van der Waals surface area contributed by atoms with Crippen molar-refractivity contribution in [1.82, 2.24) is 15.1 Å². The zero-order chi connectivity index (χ0) is 14.3. The van der Waals surface area contributed by atoms with Gasteiger partial charge in [-0.15, -0.1) is 0 Å². The molecule has 0 bridgehead atoms. The van der Waals surface area contributed by atoms with Crippen LogP contribution in [0.2, 0.25) is 0 Å². The summed E-state index contributed by atoms with van der Waals surface area (Å²) in [6, 6.07) is 0.499. The number of rotatable bonds is 9. The van der Waals surface area contributed by atoms with E-state index < -0.39 is 0 Å². The van der Waals surface area contributed by atoms with Crippen LogP contribution in [0.1, 0.15) is 33.6 Å². The highest BCUT2D eigenvalue weighted by Crippen LogP contribution is 2.15. The van der Waals surface area contributed by atoms with Crippen molar-refractivity contribution in [2.45, 2.75) is 45.7 Å². The van der Waals surface area contributed by atoms with Gasteiger partial charge in [-0.3, -0.25) is 9.69 Å². The zero-order valence-corrected chi connectivity index (χ0v) is 12.7. The molecule has 0 aromatic heterocycles. The first kappa shape index (κ1) is 16.4. The Hall–Kier alpha value is -0.650. The molecule has 5 heteroatoms. The summed E-state index contributed by atoms with van der Waals surface area (Å²) in [5, 5.41) is 3.15. The normalized spacial score (nSPS) is 22.0. The van der Waals surface area contributed by atoms with Crippen molar-refractivity contribution in [1.29, 1.82) is 0 Å². The lowest BCUT2D eigenvalue weighted by Gasteiger charge is -2.26. The third-order valence-electron chi connectivity index (χ3n) is 4.10. The van der Waals surface area contributed by atoms with Crippen LogP contribution in [0.4, 0.5) is 0 Å². The van der Waals surface area contributed by atoms with Crippen LogP contribution in [-0.4, -0.2) is 67.1 Å². The zero-order valence-electron chi connectivity index (χ0n) is 12.7. The van der Waals surface area contributed by atoms with Crippen LogP contribution in [0.15, 0.2) is 0 Å². The third kappa shape index (κ3) is 5.09. The van der Waals surface area contributed by atoms with Crippen LogP contribution >= 0.6 is 0 Å². The van der Waals surface area contributed by atoms with Gasteiger partial charge in [0.2, 0.25) is 5.91 Å². The summed E-state index contributed by atoms with van der Waals surface area (Å²) in [6.45, 7) is 12.7. The maximum atomic E-state index is 11.3. The Balaban J connectivity index is 2.33. The van der Waals surface area contributed by atoms with Crippen molar-refractivity contribution < 1.29 is 4.79 Å². The molecule has 1 heterocycles. The second-order valence-electron chi connectivity index (χ2n) is 5.27. The Bertz CT molecular complexity index is 268. The number of nitrogens with one attached hydrogen (secondary N) is 1. The molecule has 1 saturated heterocycles. The summed E-state index contributed by atoms with van der Waals surface area (Å²) >= 11 is 0. The molecule has 1 aliphatic heterocycles. The van der Waals surface area contributed by atoms with E-state index in [9.17, 15) is 4.79 Å². The van der Waals surface area contributed by atoms with E-state index in [0.717, 1.165) is 45.7 Å². The molecule has 5 nitrogen and oxygen atoms in total. The van der Waals surface area contributed by atoms with Crippen molar-refractivity contribution in [3.63, 3.8) is 0 Å². The molecule has 1 fully saturated rings. The van der Waals surface area contributed by atoms with Gasteiger partial charge in [0.25, 0.3) is 0 Å². The van der Waals surface area contributed by atoms with Crippen LogP contribution in [0.5, 0.6) is 0 Å². The lowest BCUT2D eigenvalue weighted by molar-refractivity contribution is -0.120. The van der Waals surface area contributed by atoms with Crippen molar-refractivity contribution in [2.75, 3.05) is 39.3 Å². The number of hydrogen-bond acceptors (Lipinski definition) is 4. The van der Waals surface area contributed by atoms with Crippen molar-refractivity contribution in [3.8, 4) is 0 Å². The number of likely N-dealkylation sites (tertiary alicyclic amines) is 1. The minimum atomic E-state index is -0.235. The minimum Gasteiger partial charge on any atom is -0.368 e. The Morgan fingerprint density at radius 3 is 2.63 bits per heavy atom. The van der Waals surface area contributed by atoms with Crippen molar-refractivity contribution >= 4 is 5.91 Å². The van der Waals surface area contributed by atoms with E-state index in [4.69, 9.17) is 5.73 Å². The standard InChI is InChI=1S/C14H30N4O/c1-4-16-13(14(15)19)8-10-17-9-7-12(11-17)18(5-2)6-3/h12-13,16H,4-11H2,1-3H3,(H2,15,19). The molecule has 0 aliphatic carbocycles. The second kappa shape index (κ2) is 8.51. The fourth-order valence-electron chi connectivity index (χ4n) is 2.96. The molecule has 0 aromatic rings. The topological polar surface area (TPSA) is 61.6 Å². The summed E-state index contributed by atoms with van der Waals surface area (Å²) in [4.78, 5) is 16.3. The largest absolute Gasteiger partial charge is 0.368 e. The first-order valence-electron chi connectivity index (χ1n) is 7.61. The number of primary amides is 1. The lowest BCUT2D eigenvalue weighted by Crippen LogP contribution is -2.43.